The van der Waals surface area contributed by atoms with Gasteiger partial charge in [-0.2, -0.15) is 0 Å². The van der Waals surface area contributed by atoms with Gasteiger partial charge in [0.1, 0.15) is 5.75 Å². The van der Waals surface area contributed by atoms with E-state index in [1.165, 1.54) is 0 Å². The van der Waals surface area contributed by atoms with Gasteiger partial charge < -0.3 is 9.84 Å². The monoisotopic (exact) mass is 293 g/mol. The molecule has 0 aliphatic carbocycles. The lowest BCUT2D eigenvalue weighted by atomic mass is 10.2. The minimum absolute atomic E-state index is 0.0559. The summed E-state index contributed by atoms with van der Waals surface area (Å²) < 4.78 is 6.52. The minimum Gasteiger partial charge on any atom is -0.437 e. The van der Waals surface area contributed by atoms with Crippen LogP contribution in [0.25, 0.3) is 0 Å². The van der Waals surface area contributed by atoms with Crippen molar-refractivity contribution in [2.24, 2.45) is 0 Å². The van der Waals surface area contributed by atoms with Crippen LogP contribution in [0.2, 0.25) is 0 Å². The van der Waals surface area contributed by atoms with E-state index in [4.69, 9.17) is 4.74 Å². The van der Waals surface area contributed by atoms with Crippen LogP contribution < -0.4 is 4.74 Å². The fourth-order valence-corrected chi connectivity index (χ4v) is 1.74. The van der Waals surface area contributed by atoms with Gasteiger partial charge in [-0.3, -0.25) is 0 Å². The molecule has 2 rings (SSSR count). The van der Waals surface area contributed by atoms with Crippen LogP contribution in [0.3, 0.4) is 0 Å². The summed E-state index contributed by atoms with van der Waals surface area (Å²) in [5, 5.41) is 9.21. The first-order chi connectivity index (χ1) is 8.22. The first kappa shape index (κ1) is 12.1. The Morgan fingerprint density at radius 3 is 2.82 bits per heavy atom. The number of hydrogen-bond acceptors (Lipinski definition) is 3. The fraction of sp³-hybridized carbons (Fsp3) is 0.154. The van der Waals surface area contributed by atoms with Gasteiger partial charge in [0.15, 0.2) is 0 Å². The average Bonchev–Trinajstić information content (AvgIpc) is 2.35. The summed E-state index contributed by atoms with van der Waals surface area (Å²) in [6.45, 7) is 1.91. The molecule has 1 N–H and O–H groups in total. The highest BCUT2D eigenvalue weighted by molar-refractivity contribution is 9.10. The van der Waals surface area contributed by atoms with Crippen molar-refractivity contribution in [3.8, 4) is 11.6 Å². The Morgan fingerprint density at radius 2 is 2.06 bits per heavy atom. The molecule has 0 spiro atoms. The van der Waals surface area contributed by atoms with Crippen LogP contribution in [0, 0.1) is 6.92 Å². The molecule has 2 aromatic rings. The molecule has 0 fully saturated rings. The first-order valence-electron chi connectivity index (χ1n) is 5.20. The Hall–Kier alpha value is -1.39. The summed E-state index contributed by atoms with van der Waals surface area (Å²) in [6.07, 6.45) is 1.69. The van der Waals surface area contributed by atoms with Crippen LogP contribution >= 0.6 is 15.9 Å². The predicted molar refractivity (Wildman–Crippen MR) is 69.1 cm³/mol. The van der Waals surface area contributed by atoms with Gasteiger partial charge in [-0.05, 0) is 40.5 Å². The molecule has 3 nitrogen and oxygen atoms in total. The number of hydrogen-bond donors (Lipinski definition) is 1. The van der Waals surface area contributed by atoms with Crippen molar-refractivity contribution < 1.29 is 9.84 Å². The van der Waals surface area contributed by atoms with Crippen molar-refractivity contribution in [1.82, 2.24) is 4.98 Å². The summed E-state index contributed by atoms with van der Waals surface area (Å²) in [4.78, 5) is 4.16. The van der Waals surface area contributed by atoms with E-state index in [0.29, 0.717) is 11.6 Å². The first-order valence-corrected chi connectivity index (χ1v) is 5.99. The molecule has 0 saturated carbocycles. The van der Waals surface area contributed by atoms with E-state index in [-0.39, 0.29) is 6.61 Å². The molecule has 0 saturated heterocycles. The zero-order valence-electron chi connectivity index (χ0n) is 9.35. The Bertz CT molecular complexity index is 529. The quantitative estimate of drug-likeness (QED) is 0.943. The van der Waals surface area contributed by atoms with E-state index in [1.807, 2.05) is 37.3 Å². The van der Waals surface area contributed by atoms with E-state index in [9.17, 15) is 5.11 Å². The zero-order chi connectivity index (χ0) is 12.3. The summed E-state index contributed by atoms with van der Waals surface area (Å²) in [5.74, 6) is 1.12. The maximum Gasteiger partial charge on any atom is 0.233 e. The number of ether oxygens (including phenoxy) is 1. The topological polar surface area (TPSA) is 42.4 Å². The van der Waals surface area contributed by atoms with Crippen LogP contribution in [0.15, 0.2) is 41.0 Å². The van der Waals surface area contributed by atoms with E-state index < -0.39 is 0 Å². The van der Waals surface area contributed by atoms with Crippen LogP contribution in [-0.2, 0) is 6.61 Å². The van der Waals surface area contributed by atoms with Crippen molar-refractivity contribution in [2.75, 3.05) is 0 Å². The lowest BCUT2D eigenvalue weighted by molar-refractivity contribution is 0.276. The standard InChI is InChI=1S/C13H12BrNO2/c1-9-6-7-15-13(12(9)14)17-11-5-3-2-4-10(11)8-16/h2-7,16H,8H2,1H3. The number of aliphatic hydroxyl groups is 1. The summed E-state index contributed by atoms with van der Waals surface area (Å²) in [7, 11) is 0. The third kappa shape index (κ3) is 2.65. The SMILES string of the molecule is Cc1ccnc(Oc2ccccc2CO)c1Br. The number of para-hydroxylation sites is 1. The van der Waals surface area contributed by atoms with Gasteiger partial charge in [-0.25, -0.2) is 4.98 Å². The lowest BCUT2D eigenvalue weighted by Crippen LogP contribution is -1.94. The highest BCUT2D eigenvalue weighted by Gasteiger charge is 2.08. The largest absolute Gasteiger partial charge is 0.437 e. The van der Waals surface area contributed by atoms with Gasteiger partial charge in [0, 0.05) is 11.8 Å². The van der Waals surface area contributed by atoms with E-state index in [2.05, 4.69) is 20.9 Å². The third-order valence-corrected chi connectivity index (χ3v) is 3.36. The highest BCUT2D eigenvalue weighted by Crippen LogP contribution is 2.31. The lowest BCUT2D eigenvalue weighted by Gasteiger charge is -2.10. The minimum atomic E-state index is -0.0559. The van der Waals surface area contributed by atoms with Gasteiger partial charge in [0.2, 0.25) is 5.88 Å². The van der Waals surface area contributed by atoms with Crippen molar-refractivity contribution in [3.63, 3.8) is 0 Å². The number of halogens is 1. The van der Waals surface area contributed by atoms with Crippen molar-refractivity contribution in [2.45, 2.75) is 13.5 Å². The second-order valence-electron chi connectivity index (χ2n) is 3.61. The molecule has 0 aliphatic rings. The maximum atomic E-state index is 9.21. The molecule has 0 amide bonds. The van der Waals surface area contributed by atoms with E-state index in [0.717, 1.165) is 15.6 Å². The summed E-state index contributed by atoms with van der Waals surface area (Å²) in [6, 6.07) is 9.24. The van der Waals surface area contributed by atoms with Crippen molar-refractivity contribution in [1.29, 1.82) is 0 Å². The number of aliphatic hydroxyl groups excluding tert-OH is 1. The van der Waals surface area contributed by atoms with Gasteiger partial charge in [-0.15, -0.1) is 0 Å². The molecular formula is C13H12BrNO2. The Morgan fingerprint density at radius 1 is 1.29 bits per heavy atom. The molecule has 0 radical (unpaired) electrons. The predicted octanol–water partition coefficient (Wildman–Crippen LogP) is 3.44. The third-order valence-electron chi connectivity index (χ3n) is 2.40. The Balaban J connectivity index is 2.35. The molecule has 4 heteroatoms. The molecule has 1 aromatic carbocycles. The molecule has 0 atom stereocenters. The van der Waals surface area contributed by atoms with Gasteiger partial charge in [0.25, 0.3) is 0 Å². The fourth-order valence-electron chi connectivity index (χ4n) is 1.42. The normalized spacial score (nSPS) is 10.3. The Labute approximate surface area is 108 Å². The molecule has 0 bridgehead atoms. The summed E-state index contributed by atoms with van der Waals surface area (Å²) >= 11 is 3.43. The van der Waals surface area contributed by atoms with Crippen molar-refractivity contribution >= 4 is 15.9 Å². The number of pyridine rings is 1. The van der Waals surface area contributed by atoms with Crippen molar-refractivity contribution in [3.05, 3.63) is 52.1 Å². The second kappa shape index (κ2) is 5.29. The molecule has 0 unspecified atom stereocenters. The van der Waals surface area contributed by atoms with Gasteiger partial charge in [-0.1, -0.05) is 18.2 Å². The summed E-state index contributed by atoms with van der Waals surface area (Å²) in [5.41, 5.74) is 1.79. The van der Waals surface area contributed by atoms with Crippen LogP contribution in [0.5, 0.6) is 11.6 Å². The number of aryl methyl sites for hydroxylation is 1. The van der Waals surface area contributed by atoms with E-state index >= 15 is 0 Å². The smallest absolute Gasteiger partial charge is 0.233 e. The van der Waals surface area contributed by atoms with Gasteiger partial charge in [0.05, 0.1) is 11.1 Å². The molecule has 1 aromatic heterocycles. The molecule has 1 heterocycles. The molecule has 0 aliphatic heterocycles. The number of benzene rings is 1. The van der Waals surface area contributed by atoms with E-state index in [1.54, 1.807) is 6.20 Å². The van der Waals surface area contributed by atoms with Crippen LogP contribution in [0.1, 0.15) is 11.1 Å². The molecule has 88 valence electrons. The van der Waals surface area contributed by atoms with Crippen LogP contribution in [0.4, 0.5) is 0 Å². The van der Waals surface area contributed by atoms with Crippen LogP contribution in [-0.4, -0.2) is 10.1 Å². The zero-order valence-corrected chi connectivity index (χ0v) is 10.9. The highest BCUT2D eigenvalue weighted by atomic mass is 79.9. The Kier molecular flexibility index (Phi) is 3.76. The second-order valence-corrected chi connectivity index (χ2v) is 4.41. The number of rotatable bonds is 3. The molecular weight excluding hydrogens is 282 g/mol. The van der Waals surface area contributed by atoms with Gasteiger partial charge >= 0.3 is 0 Å². The number of aromatic nitrogens is 1. The molecule has 17 heavy (non-hydrogen) atoms. The average molecular weight is 294 g/mol. The number of nitrogens with zero attached hydrogens (tertiary/aromatic N) is 1. The maximum absolute atomic E-state index is 9.21.